The lowest BCUT2D eigenvalue weighted by Gasteiger charge is -2.35. The molecule has 1 aliphatic heterocycles. The minimum atomic E-state index is -0.340. The van der Waals surface area contributed by atoms with Gasteiger partial charge in [0.2, 0.25) is 5.91 Å². The molecule has 0 unspecified atom stereocenters. The van der Waals surface area contributed by atoms with Crippen molar-refractivity contribution in [2.24, 2.45) is 0 Å². The number of nitrogens with one attached hydrogen (secondary N) is 1. The summed E-state index contributed by atoms with van der Waals surface area (Å²) in [6, 6.07) is 13.8. The smallest absolute Gasteiger partial charge is 0.263 e. The third kappa shape index (κ3) is 4.96. The summed E-state index contributed by atoms with van der Waals surface area (Å²) < 4.78 is 14.6. The summed E-state index contributed by atoms with van der Waals surface area (Å²) in [5.41, 5.74) is 2.93. The lowest BCUT2D eigenvalue weighted by atomic mass is 10.1. The van der Waals surface area contributed by atoms with Gasteiger partial charge < -0.3 is 15.1 Å². The van der Waals surface area contributed by atoms with Crippen molar-refractivity contribution >= 4 is 38.8 Å². The molecule has 1 fully saturated rings. The maximum Gasteiger partial charge on any atom is 0.263 e. The largest absolute Gasteiger partial charge is 0.369 e. The van der Waals surface area contributed by atoms with Gasteiger partial charge >= 0.3 is 0 Å². The summed E-state index contributed by atoms with van der Waals surface area (Å²) in [6.07, 6.45) is 1.40. The molecule has 0 atom stereocenters. The van der Waals surface area contributed by atoms with Crippen LogP contribution in [0.2, 0.25) is 0 Å². The van der Waals surface area contributed by atoms with Gasteiger partial charge in [0.1, 0.15) is 17.2 Å². The molecule has 3 heterocycles. The predicted molar refractivity (Wildman–Crippen MR) is 139 cm³/mol. The molecule has 2 aromatic carbocycles. The third-order valence-corrected chi connectivity index (χ3v) is 7.25. The van der Waals surface area contributed by atoms with Crippen LogP contribution in [0.25, 0.3) is 21.3 Å². The molecule has 5 rings (SSSR count). The second-order valence-electron chi connectivity index (χ2n) is 8.53. The quantitative estimate of drug-likeness (QED) is 0.441. The summed E-state index contributed by atoms with van der Waals surface area (Å²) >= 11 is 1.35. The van der Waals surface area contributed by atoms with E-state index in [1.807, 2.05) is 29.6 Å². The van der Waals surface area contributed by atoms with Crippen LogP contribution in [0.15, 0.2) is 65.0 Å². The average molecular weight is 492 g/mol. The molecule has 1 amide bonds. The fourth-order valence-corrected chi connectivity index (χ4v) is 5.26. The Bertz CT molecular complexity index is 1390. The Morgan fingerprint density at radius 3 is 2.46 bits per heavy atom. The normalized spacial score (nSPS) is 14.4. The number of carbonyl (C=O) groups is 1. The molecule has 1 aliphatic rings. The van der Waals surface area contributed by atoms with Crippen molar-refractivity contribution in [3.05, 3.63) is 76.4 Å². The number of anilines is 2. The highest BCUT2D eigenvalue weighted by Crippen LogP contribution is 2.30. The Labute approximate surface area is 206 Å². The van der Waals surface area contributed by atoms with E-state index in [0.29, 0.717) is 21.5 Å². The minimum Gasteiger partial charge on any atom is -0.369 e. The van der Waals surface area contributed by atoms with Gasteiger partial charge in [-0.3, -0.25) is 14.2 Å². The van der Waals surface area contributed by atoms with E-state index in [9.17, 15) is 14.0 Å². The predicted octanol–water partition coefficient (Wildman–Crippen LogP) is 4.04. The van der Waals surface area contributed by atoms with Gasteiger partial charge in [-0.05, 0) is 48.5 Å². The summed E-state index contributed by atoms with van der Waals surface area (Å²) in [5.74, 6) is -0.649. The Morgan fingerprint density at radius 2 is 1.77 bits per heavy atom. The molecule has 35 heavy (non-hydrogen) atoms. The number of carbonyl (C=O) groups excluding carboxylic acids is 1. The Hall–Kier alpha value is -3.56. The fraction of sp³-hybridized carbons (Fsp3) is 0.269. The number of thiophene rings is 1. The van der Waals surface area contributed by atoms with E-state index in [4.69, 9.17) is 0 Å². The van der Waals surface area contributed by atoms with Crippen LogP contribution in [0.3, 0.4) is 0 Å². The first-order chi connectivity index (χ1) is 17.0. The first kappa shape index (κ1) is 23.2. The average Bonchev–Trinajstić information content (AvgIpc) is 3.32. The van der Waals surface area contributed by atoms with E-state index in [1.165, 1.54) is 34.4 Å². The number of hydrogen-bond acceptors (Lipinski definition) is 6. The summed E-state index contributed by atoms with van der Waals surface area (Å²) in [7, 11) is 0. The molecule has 1 saturated heterocycles. The molecular weight excluding hydrogens is 465 g/mol. The molecule has 0 bridgehead atoms. The van der Waals surface area contributed by atoms with E-state index in [-0.39, 0.29) is 23.8 Å². The minimum absolute atomic E-state index is 0.152. The highest BCUT2D eigenvalue weighted by atomic mass is 32.1. The van der Waals surface area contributed by atoms with Crippen molar-refractivity contribution in [3.8, 4) is 11.1 Å². The van der Waals surface area contributed by atoms with Crippen molar-refractivity contribution in [2.45, 2.75) is 13.5 Å². The maximum absolute atomic E-state index is 13.3. The summed E-state index contributed by atoms with van der Waals surface area (Å²) in [4.78, 5) is 35.6. The molecule has 0 spiro atoms. The molecule has 0 aliphatic carbocycles. The fourth-order valence-electron chi connectivity index (χ4n) is 4.36. The van der Waals surface area contributed by atoms with Gasteiger partial charge in [0.05, 0.1) is 11.7 Å². The zero-order chi connectivity index (χ0) is 24.4. The van der Waals surface area contributed by atoms with Crippen molar-refractivity contribution in [3.63, 3.8) is 0 Å². The van der Waals surface area contributed by atoms with E-state index in [1.54, 1.807) is 12.1 Å². The number of aromatic nitrogens is 2. The van der Waals surface area contributed by atoms with Crippen molar-refractivity contribution in [1.82, 2.24) is 14.5 Å². The second-order valence-corrected chi connectivity index (χ2v) is 9.39. The number of likely N-dealkylation sites (N-methyl/N-ethyl adjacent to an activating group) is 1. The van der Waals surface area contributed by atoms with Crippen molar-refractivity contribution in [1.29, 1.82) is 0 Å². The van der Waals surface area contributed by atoms with Gasteiger partial charge in [0.15, 0.2) is 0 Å². The standard InChI is InChI=1S/C26H26FN5O2S/c1-2-30-11-13-31(14-12-30)21-9-7-20(8-10-21)29-23(33)15-32-17-28-25-24(26(32)34)22(16-35-25)18-3-5-19(27)6-4-18/h3-10,16-17H,2,11-15H2,1H3,(H,29,33). The zero-order valence-electron chi connectivity index (χ0n) is 19.4. The number of benzene rings is 2. The molecule has 4 aromatic rings. The van der Waals surface area contributed by atoms with Crippen molar-refractivity contribution in [2.75, 3.05) is 42.9 Å². The van der Waals surface area contributed by atoms with Crippen LogP contribution in [0.1, 0.15) is 6.92 Å². The molecule has 7 nitrogen and oxygen atoms in total. The molecule has 2 aromatic heterocycles. The SMILES string of the molecule is CCN1CCN(c2ccc(NC(=O)Cn3cnc4scc(-c5ccc(F)cc5)c4c3=O)cc2)CC1. The van der Waals surface area contributed by atoms with Crippen LogP contribution in [-0.2, 0) is 11.3 Å². The van der Waals surface area contributed by atoms with E-state index < -0.39 is 0 Å². The summed E-state index contributed by atoms with van der Waals surface area (Å²) in [5, 5.41) is 5.13. The molecule has 9 heteroatoms. The molecule has 180 valence electrons. The van der Waals surface area contributed by atoms with Gasteiger partial charge in [-0.1, -0.05) is 19.1 Å². The number of nitrogens with zero attached hydrogens (tertiary/aromatic N) is 4. The van der Waals surface area contributed by atoms with Crippen LogP contribution < -0.4 is 15.8 Å². The first-order valence-electron chi connectivity index (χ1n) is 11.6. The number of halogens is 1. The Kier molecular flexibility index (Phi) is 6.61. The van der Waals surface area contributed by atoms with Crippen molar-refractivity contribution < 1.29 is 9.18 Å². The number of amides is 1. The lowest BCUT2D eigenvalue weighted by Crippen LogP contribution is -2.46. The maximum atomic E-state index is 13.3. The summed E-state index contributed by atoms with van der Waals surface area (Å²) in [6.45, 7) is 7.18. The molecular formula is C26H26FN5O2S. The van der Waals surface area contributed by atoms with E-state index >= 15 is 0 Å². The monoisotopic (exact) mass is 491 g/mol. The lowest BCUT2D eigenvalue weighted by molar-refractivity contribution is -0.116. The Morgan fingerprint density at radius 1 is 1.06 bits per heavy atom. The third-order valence-electron chi connectivity index (χ3n) is 6.37. The van der Waals surface area contributed by atoms with Crippen LogP contribution in [0.5, 0.6) is 0 Å². The Balaban J connectivity index is 1.28. The van der Waals surface area contributed by atoms with Gasteiger partial charge in [0.25, 0.3) is 5.56 Å². The first-order valence-corrected chi connectivity index (χ1v) is 12.5. The van der Waals surface area contributed by atoms with E-state index in [2.05, 4.69) is 27.0 Å². The molecule has 0 radical (unpaired) electrons. The highest BCUT2D eigenvalue weighted by molar-refractivity contribution is 7.17. The molecule has 1 N–H and O–H groups in total. The number of hydrogen-bond donors (Lipinski definition) is 1. The van der Waals surface area contributed by atoms with Gasteiger partial charge in [-0.25, -0.2) is 9.37 Å². The van der Waals surface area contributed by atoms with Crippen LogP contribution in [0, 0.1) is 5.82 Å². The highest BCUT2D eigenvalue weighted by Gasteiger charge is 2.17. The topological polar surface area (TPSA) is 70.5 Å². The van der Waals surface area contributed by atoms with Gasteiger partial charge in [0, 0.05) is 48.5 Å². The number of piperazine rings is 1. The van der Waals surface area contributed by atoms with Crippen LogP contribution in [0.4, 0.5) is 15.8 Å². The number of fused-ring (bicyclic) bond motifs is 1. The number of rotatable bonds is 6. The molecule has 0 saturated carbocycles. The van der Waals surface area contributed by atoms with Gasteiger partial charge in [-0.2, -0.15) is 0 Å². The van der Waals surface area contributed by atoms with Gasteiger partial charge in [-0.15, -0.1) is 11.3 Å². The van der Waals surface area contributed by atoms with Crippen LogP contribution in [-0.4, -0.2) is 53.1 Å². The van der Waals surface area contributed by atoms with E-state index in [0.717, 1.165) is 44.0 Å². The van der Waals surface area contributed by atoms with Crippen LogP contribution >= 0.6 is 11.3 Å². The zero-order valence-corrected chi connectivity index (χ0v) is 20.2. The second kappa shape index (κ2) is 9.97.